The lowest BCUT2D eigenvalue weighted by Crippen LogP contribution is -2.40. The number of rotatable bonds is 7. The Balaban J connectivity index is 1.45. The molecule has 1 atom stereocenters. The second-order valence-corrected chi connectivity index (χ2v) is 11.6. The molecule has 1 aliphatic heterocycles. The summed E-state index contributed by atoms with van der Waals surface area (Å²) in [5.41, 5.74) is 9.85. The molecule has 36 heavy (non-hydrogen) atoms. The Morgan fingerprint density at radius 1 is 1.14 bits per heavy atom. The van der Waals surface area contributed by atoms with E-state index in [2.05, 4.69) is 50.1 Å². The number of amides is 3. The van der Waals surface area contributed by atoms with Crippen LogP contribution >= 0.6 is 43.5 Å². The summed E-state index contributed by atoms with van der Waals surface area (Å²) in [5, 5.41) is 0.697. The predicted octanol–water partition coefficient (Wildman–Crippen LogP) is 6.69. The largest absolute Gasteiger partial charge is 0.351 e. The van der Waals surface area contributed by atoms with E-state index in [0.717, 1.165) is 64.5 Å². The fourth-order valence-corrected chi connectivity index (χ4v) is 6.78. The zero-order valence-corrected chi connectivity index (χ0v) is 24.3. The van der Waals surface area contributed by atoms with Gasteiger partial charge in [-0.25, -0.2) is 4.79 Å². The summed E-state index contributed by atoms with van der Waals surface area (Å²) in [4.78, 5) is 32.7. The molecule has 1 fully saturated rings. The van der Waals surface area contributed by atoms with Crippen molar-refractivity contribution in [1.29, 1.82) is 0 Å². The number of hydrogen-bond donors (Lipinski definition) is 1. The third-order valence-corrected chi connectivity index (χ3v) is 8.52. The summed E-state index contributed by atoms with van der Waals surface area (Å²) < 4.78 is 1.94. The van der Waals surface area contributed by atoms with E-state index >= 15 is 0 Å². The number of carbonyl (C=O) groups is 2. The average Bonchev–Trinajstić information content (AvgIpc) is 3.00. The molecule has 0 bridgehead atoms. The average molecular weight is 639 g/mol. The van der Waals surface area contributed by atoms with Crippen molar-refractivity contribution in [2.24, 2.45) is 11.7 Å². The number of aromatic nitrogens is 1. The number of halogens is 3. The maximum Gasteiger partial charge on any atom is 0.314 e. The molecule has 0 radical (unpaired) electrons. The lowest BCUT2D eigenvalue weighted by atomic mass is 9.76. The minimum absolute atomic E-state index is 0.107. The molecule has 2 aromatic rings. The summed E-state index contributed by atoms with van der Waals surface area (Å²) in [5.74, 6) is 0.649. The minimum Gasteiger partial charge on any atom is -0.351 e. The normalized spacial score (nSPS) is 17.3. The Morgan fingerprint density at radius 2 is 1.86 bits per heavy atom. The Labute approximate surface area is 234 Å². The molecule has 0 spiro atoms. The third-order valence-electron chi connectivity index (χ3n) is 7.22. The number of piperidine rings is 1. The molecule has 4 rings (SSSR count). The van der Waals surface area contributed by atoms with Crippen molar-refractivity contribution in [3.63, 3.8) is 0 Å². The molecule has 1 aromatic heterocycles. The highest BCUT2D eigenvalue weighted by Crippen LogP contribution is 2.46. The number of nitrogens with two attached hydrogens (primary N) is 1. The third kappa shape index (κ3) is 6.14. The maximum atomic E-state index is 12.9. The van der Waals surface area contributed by atoms with Crippen LogP contribution in [0.25, 0.3) is 12.2 Å². The van der Waals surface area contributed by atoms with Crippen LogP contribution < -0.4 is 5.73 Å². The van der Waals surface area contributed by atoms with Gasteiger partial charge in [-0.1, -0.05) is 39.7 Å². The number of pyridine rings is 1. The second-order valence-electron chi connectivity index (χ2n) is 9.42. The van der Waals surface area contributed by atoms with Gasteiger partial charge in [0.2, 0.25) is 5.91 Å². The zero-order chi connectivity index (χ0) is 25.8. The highest BCUT2D eigenvalue weighted by atomic mass is 79.9. The Kier molecular flexibility index (Phi) is 9.12. The van der Waals surface area contributed by atoms with E-state index in [4.69, 9.17) is 22.3 Å². The summed E-state index contributed by atoms with van der Waals surface area (Å²) in [6.07, 6.45) is 9.95. The van der Waals surface area contributed by atoms with Crippen molar-refractivity contribution in [3.05, 3.63) is 60.7 Å². The second kappa shape index (κ2) is 12.1. The molecule has 3 amide bonds. The van der Waals surface area contributed by atoms with Gasteiger partial charge in [-0.05, 0) is 89.3 Å². The molecule has 1 saturated heterocycles. The Morgan fingerprint density at radius 3 is 2.56 bits per heavy atom. The smallest absolute Gasteiger partial charge is 0.314 e. The number of likely N-dealkylation sites (tertiary alicyclic amines) is 1. The van der Waals surface area contributed by atoms with Gasteiger partial charge in [0.1, 0.15) is 0 Å². The van der Waals surface area contributed by atoms with E-state index in [1.807, 2.05) is 30.2 Å². The first kappa shape index (κ1) is 27.1. The quantitative estimate of drug-likeness (QED) is 0.344. The van der Waals surface area contributed by atoms with Gasteiger partial charge in [-0.3, -0.25) is 9.78 Å². The molecule has 9 heteroatoms. The van der Waals surface area contributed by atoms with Crippen LogP contribution in [-0.2, 0) is 4.79 Å². The van der Waals surface area contributed by atoms with Gasteiger partial charge in [0.25, 0.3) is 0 Å². The first-order chi connectivity index (χ1) is 17.3. The van der Waals surface area contributed by atoms with E-state index in [9.17, 15) is 9.59 Å². The number of primary amides is 1. The van der Waals surface area contributed by atoms with E-state index in [0.29, 0.717) is 30.5 Å². The van der Waals surface area contributed by atoms with Crippen LogP contribution in [0.4, 0.5) is 4.79 Å². The van der Waals surface area contributed by atoms with E-state index in [-0.39, 0.29) is 11.8 Å². The molecule has 1 aromatic carbocycles. The van der Waals surface area contributed by atoms with Crippen LogP contribution in [0.1, 0.15) is 67.3 Å². The van der Waals surface area contributed by atoms with Crippen LogP contribution in [0.15, 0.2) is 33.3 Å². The topological polar surface area (TPSA) is 79.5 Å². The van der Waals surface area contributed by atoms with Gasteiger partial charge in [-0.15, -0.1) is 0 Å². The number of hydrogen-bond acceptors (Lipinski definition) is 3. The molecule has 6 nitrogen and oxygen atoms in total. The van der Waals surface area contributed by atoms with Crippen molar-refractivity contribution in [3.8, 4) is 0 Å². The number of carbonyl (C=O) groups excluding carboxylic acids is 2. The minimum atomic E-state index is -0.404. The lowest BCUT2D eigenvalue weighted by molar-refractivity contribution is -0.132. The number of nitrogens with zero attached hydrogens (tertiary/aromatic N) is 3. The van der Waals surface area contributed by atoms with Crippen molar-refractivity contribution >= 4 is 67.6 Å². The van der Waals surface area contributed by atoms with Crippen LogP contribution in [0.5, 0.6) is 0 Å². The standard InChI is InChI=1S/C27H31Br2ClN4O2/c1-2-33(27(31)36)10-4-3-5-23(35)34-11-8-17(9-12-34)25-24-18(14-21(30)15-22(24)29)6-7-19-13-20(28)16-32-26(19)25/h6-7,13-17,25H,2-5,8-12H2,1H3,(H2,31,36). The van der Waals surface area contributed by atoms with Gasteiger partial charge in [0.15, 0.2) is 0 Å². The van der Waals surface area contributed by atoms with E-state index in [1.54, 1.807) is 4.90 Å². The molecule has 1 unspecified atom stereocenters. The summed E-state index contributed by atoms with van der Waals surface area (Å²) in [7, 11) is 0. The highest BCUT2D eigenvalue weighted by molar-refractivity contribution is 9.10. The molecule has 192 valence electrons. The van der Waals surface area contributed by atoms with Crippen molar-refractivity contribution in [1.82, 2.24) is 14.8 Å². The maximum absolute atomic E-state index is 12.9. The first-order valence-electron chi connectivity index (χ1n) is 12.4. The zero-order valence-electron chi connectivity index (χ0n) is 20.4. The molecule has 0 saturated carbocycles. The fourth-order valence-electron chi connectivity index (χ4n) is 5.35. The Hall–Kier alpha value is -1.90. The van der Waals surface area contributed by atoms with Gasteiger partial charge in [0.05, 0.1) is 5.69 Å². The molecule has 2 heterocycles. The monoisotopic (exact) mass is 636 g/mol. The summed E-state index contributed by atoms with van der Waals surface area (Å²) in [6, 6.07) is 5.69. The molecule has 2 aliphatic rings. The van der Waals surface area contributed by atoms with Gasteiger partial charge >= 0.3 is 6.03 Å². The van der Waals surface area contributed by atoms with Gasteiger partial charge in [-0.2, -0.15) is 0 Å². The predicted molar refractivity (Wildman–Crippen MR) is 152 cm³/mol. The number of unbranched alkanes of at least 4 members (excludes halogenated alkanes) is 1. The van der Waals surface area contributed by atoms with Crippen molar-refractivity contribution in [2.45, 2.75) is 44.9 Å². The fraction of sp³-hybridized carbons (Fsp3) is 0.444. The van der Waals surface area contributed by atoms with Crippen molar-refractivity contribution < 1.29 is 9.59 Å². The summed E-state index contributed by atoms with van der Waals surface area (Å²) in [6.45, 7) is 4.57. The SMILES string of the molecule is CCN(CCCCC(=O)N1CCC(C2c3ncc(Br)cc3C=Cc3cc(Cl)cc(Br)c32)CC1)C(N)=O. The number of urea groups is 1. The molecular formula is C27H31Br2ClN4O2. The highest BCUT2D eigenvalue weighted by Gasteiger charge is 2.35. The van der Waals surface area contributed by atoms with Gasteiger partial charge in [0, 0.05) is 58.7 Å². The van der Waals surface area contributed by atoms with Crippen LogP contribution in [0.2, 0.25) is 5.02 Å². The molecule has 2 N–H and O–H groups in total. The van der Waals surface area contributed by atoms with Crippen LogP contribution in [-0.4, -0.2) is 52.9 Å². The van der Waals surface area contributed by atoms with E-state index in [1.165, 1.54) is 5.56 Å². The lowest BCUT2D eigenvalue weighted by Gasteiger charge is -2.37. The number of benzene rings is 1. The van der Waals surface area contributed by atoms with E-state index < -0.39 is 6.03 Å². The Bertz CT molecular complexity index is 1160. The number of fused-ring (bicyclic) bond motifs is 2. The first-order valence-corrected chi connectivity index (χ1v) is 14.4. The van der Waals surface area contributed by atoms with Gasteiger partial charge < -0.3 is 15.5 Å². The van der Waals surface area contributed by atoms with Crippen molar-refractivity contribution in [2.75, 3.05) is 26.2 Å². The molecular weight excluding hydrogens is 608 g/mol. The summed E-state index contributed by atoms with van der Waals surface area (Å²) >= 11 is 13.7. The molecule has 1 aliphatic carbocycles. The van der Waals surface area contributed by atoms with Crippen LogP contribution in [0.3, 0.4) is 0 Å². The van der Waals surface area contributed by atoms with Crippen LogP contribution in [0, 0.1) is 5.92 Å².